The van der Waals surface area contributed by atoms with Crippen LogP contribution in [0.25, 0.3) is 0 Å². The SMILES string of the molecule is Cc1c(Cl)cccc1S(=O)(=O)N(C)c1nccs1. The van der Waals surface area contributed by atoms with Crippen molar-refractivity contribution in [3.05, 3.63) is 40.4 Å². The van der Waals surface area contributed by atoms with Crippen molar-refractivity contribution in [2.24, 2.45) is 0 Å². The normalized spacial score (nSPS) is 11.5. The van der Waals surface area contributed by atoms with Crippen LogP contribution in [0, 0.1) is 6.92 Å². The Kier molecular flexibility index (Phi) is 3.61. The molecule has 0 spiro atoms. The van der Waals surface area contributed by atoms with Crippen LogP contribution in [0.4, 0.5) is 5.13 Å². The third-order valence-corrected chi connectivity index (χ3v) is 5.81. The van der Waals surface area contributed by atoms with E-state index in [1.54, 1.807) is 36.7 Å². The molecule has 2 rings (SSSR count). The lowest BCUT2D eigenvalue weighted by atomic mass is 10.2. The smallest absolute Gasteiger partial charge is 0.244 e. The fourth-order valence-corrected chi connectivity index (χ4v) is 3.95. The molecule has 0 amide bonds. The van der Waals surface area contributed by atoms with E-state index in [9.17, 15) is 8.42 Å². The van der Waals surface area contributed by atoms with Gasteiger partial charge in [0.15, 0.2) is 5.13 Å². The summed E-state index contributed by atoms with van der Waals surface area (Å²) in [6.45, 7) is 1.69. The molecule has 2 aromatic rings. The molecule has 0 N–H and O–H groups in total. The predicted molar refractivity (Wildman–Crippen MR) is 73.9 cm³/mol. The Labute approximate surface area is 115 Å². The number of thiazole rings is 1. The minimum atomic E-state index is -3.62. The lowest BCUT2D eigenvalue weighted by Crippen LogP contribution is -2.27. The molecule has 0 radical (unpaired) electrons. The van der Waals surface area contributed by atoms with E-state index in [0.29, 0.717) is 15.7 Å². The highest BCUT2D eigenvalue weighted by Crippen LogP contribution is 2.28. The maximum Gasteiger partial charge on any atom is 0.266 e. The summed E-state index contributed by atoms with van der Waals surface area (Å²) in [4.78, 5) is 4.19. The van der Waals surface area contributed by atoms with Crippen molar-refractivity contribution in [3.63, 3.8) is 0 Å². The predicted octanol–water partition coefficient (Wildman–Crippen LogP) is 2.93. The van der Waals surface area contributed by atoms with E-state index < -0.39 is 10.0 Å². The van der Waals surface area contributed by atoms with Crippen LogP contribution >= 0.6 is 22.9 Å². The van der Waals surface area contributed by atoms with Crippen LogP contribution < -0.4 is 4.31 Å². The summed E-state index contributed by atoms with van der Waals surface area (Å²) in [5.41, 5.74) is 0.544. The Balaban J connectivity index is 2.52. The van der Waals surface area contributed by atoms with Crippen molar-refractivity contribution in [1.82, 2.24) is 4.98 Å². The number of rotatable bonds is 3. The van der Waals surface area contributed by atoms with Crippen LogP contribution in [0.15, 0.2) is 34.7 Å². The van der Waals surface area contributed by atoms with Gasteiger partial charge in [-0.05, 0) is 24.6 Å². The van der Waals surface area contributed by atoms with Crippen molar-refractivity contribution < 1.29 is 8.42 Å². The molecule has 0 aliphatic heterocycles. The Hall–Kier alpha value is -1.11. The van der Waals surface area contributed by atoms with E-state index in [1.807, 2.05) is 0 Å². The quantitative estimate of drug-likeness (QED) is 0.876. The van der Waals surface area contributed by atoms with Crippen LogP contribution in [-0.4, -0.2) is 20.4 Å². The number of anilines is 1. The van der Waals surface area contributed by atoms with Crippen LogP contribution in [0.2, 0.25) is 5.02 Å². The van der Waals surface area contributed by atoms with Crippen LogP contribution in [0.3, 0.4) is 0 Å². The molecule has 0 aliphatic carbocycles. The molecule has 0 unspecified atom stereocenters. The Bertz CT molecular complexity index is 654. The first-order chi connectivity index (χ1) is 8.44. The molecule has 1 aromatic carbocycles. The number of benzene rings is 1. The molecule has 1 heterocycles. The maximum atomic E-state index is 12.4. The molecule has 0 atom stereocenters. The van der Waals surface area contributed by atoms with E-state index in [0.717, 1.165) is 4.31 Å². The lowest BCUT2D eigenvalue weighted by molar-refractivity contribution is 0.593. The van der Waals surface area contributed by atoms with Gasteiger partial charge in [-0.3, -0.25) is 0 Å². The molecule has 1 aromatic heterocycles. The molecule has 0 aliphatic rings. The topological polar surface area (TPSA) is 50.3 Å². The number of halogens is 1. The molecular formula is C11H11ClN2O2S2. The van der Waals surface area contributed by atoms with Gasteiger partial charge in [0.1, 0.15) is 0 Å². The van der Waals surface area contributed by atoms with E-state index in [2.05, 4.69) is 4.98 Å². The average molecular weight is 303 g/mol. The van der Waals surface area contributed by atoms with Crippen molar-refractivity contribution >= 4 is 38.1 Å². The van der Waals surface area contributed by atoms with Gasteiger partial charge in [-0.2, -0.15) is 0 Å². The second-order valence-corrected chi connectivity index (χ2v) is 6.87. The van der Waals surface area contributed by atoms with Gasteiger partial charge in [-0.1, -0.05) is 17.7 Å². The van der Waals surface area contributed by atoms with Gasteiger partial charge in [-0.25, -0.2) is 17.7 Å². The second-order valence-electron chi connectivity index (χ2n) is 3.65. The van der Waals surface area contributed by atoms with Gasteiger partial charge >= 0.3 is 0 Å². The standard InChI is InChI=1S/C11H11ClN2O2S2/c1-8-9(12)4-3-5-10(8)18(15,16)14(2)11-13-6-7-17-11/h3-7H,1-2H3. The summed E-state index contributed by atoms with van der Waals surface area (Å²) in [6.07, 6.45) is 1.57. The zero-order valence-corrected chi connectivity index (χ0v) is 12.2. The van der Waals surface area contributed by atoms with Gasteiger partial charge in [0.05, 0.1) is 4.90 Å². The van der Waals surface area contributed by atoms with Crippen molar-refractivity contribution in [2.45, 2.75) is 11.8 Å². The zero-order chi connectivity index (χ0) is 13.3. The molecule has 0 saturated carbocycles. The van der Waals surface area contributed by atoms with E-state index in [4.69, 9.17) is 11.6 Å². The minimum absolute atomic E-state index is 0.202. The summed E-state index contributed by atoms with van der Waals surface area (Å²) in [5, 5.41) is 2.59. The van der Waals surface area contributed by atoms with Gasteiger partial charge < -0.3 is 0 Å². The van der Waals surface area contributed by atoms with Crippen molar-refractivity contribution in [2.75, 3.05) is 11.4 Å². The van der Waals surface area contributed by atoms with Crippen LogP contribution in [0.1, 0.15) is 5.56 Å². The van der Waals surface area contributed by atoms with Crippen LogP contribution in [0.5, 0.6) is 0 Å². The first-order valence-electron chi connectivity index (χ1n) is 5.08. The third-order valence-electron chi connectivity index (χ3n) is 2.55. The molecule has 0 fully saturated rings. The summed E-state index contributed by atoms with van der Waals surface area (Å²) < 4.78 is 26.0. The number of hydrogen-bond donors (Lipinski definition) is 0. The molecule has 0 bridgehead atoms. The van der Waals surface area contributed by atoms with E-state index >= 15 is 0 Å². The van der Waals surface area contributed by atoms with Gasteiger partial charge in [-0.15, -0.1) is 11.3 Å². The Morgan fingerprint density at radius 1 is 1.39 bits per heavy atom. The van der Waals surface area contributed by atoms with Crippen molar-refractivity contribution in [1.29, 1.82) is 0 Å². The monoisotopic (exact) mass is 302 g/mol. The van der Waals surface area contributed by atoms with Gasteiger partial charge in [0.25, 0.3) is 10.0 Å². The average Bonchev–Trinajstić information content (AvgIpc) is 2.85. The maximum absolute atomic E-state index is 12.4. The molecule has 0 saturated heterocycles. The van der Waals surface area contributed by atoms with Crippen LogP contribution in [-0.2, 0) is 10.0 Å². The van der Waals surface area contributed by atoms with E-state index in [1.165, 1.54) is 18.4 Å². The number of nitrogens with zero attached hydrogens (tertiary/aromatic N) is 2. The Morgan fingerprint density at radius 3 is 2.72 bits per heavy atom. The molecular weight excluding hydrogens is 292 g/mol. The van der Waals surface area contributed by atoms with Gasteiger partial charge in [0, 0.05) is 23.6 Å². The summed E-state index contributed by atoms with van der Waals surface area (Å²) in [7, 11) is -2.14. The first-order valence-corrected chi connectivity index (χ1v) is 7.78. The molecule has 7 heteroatoms. The minimum Gasteiger partial charge on any atom is -0.244 e. The highest BCUT2D eigenvalue weighted by atomic mass is 35.5. The molecule has 18 heavy (non-hydrogen) atoms. The molecule has 96 valence electrons. The van der Waals surface area contributed by atoms with Crippen molar-refractivity contribution in [3.8, 4) is 0 Å². The fourth-order valence-electron chi connectivity index (χ4n) is 1.49. The summed E-state index contributed by atoms with van der Waals surface area (Å²) in [5.74, 6) is 0. The number of aromatic nitrogens is 1. The number of hydrogen-bond acceptors (Lipinski definition) is 4. The Morgan fingerprint density at radius 2 is 2.11 bits per heavy atom. The largest absolute Gasteiger partial charge is 0.266 e. The highest BCUT2D eigenvalue weighted by Gasteiger charge is 2.25. The lowest BCUT2D eigenvalue weighted by Gasteiger charge is -2.18. The summed E-state index contributed by atoms with van der Waals surface area (Å²) >= 11 is 7.22. The molecule has 4 nitrogen and oxygen atoms in total. The second kappa shape index (κ2) is 4.87. The van der Waals surface area contributed by atoms with Gasteiger partial charge in [0.2, 0.25) is 0 Å². The number of sulfonamides is 1. The first kappa shape index (κ1) is 13.3. The zero-order valence-electron chi connectivity index (χ0n) is 9.79. The summed E-state index contributed by atoms with van der Waals surface area (Å²) in [6, 6.07) is 4.83. The third kappa shape index (κ3) is 2.23. The van der Waals surface area contributed by atoms with E-state index in [-0.39, 0.29) is 4.90 Å². The highest BCUT2D eigenvalue weighted by molar-refractivity contribution is 7.93. The fraction of sp³-hybridized carbons (Fsp3) is 0.182.